The Morgan fingerprint density at radius 3 is 2.85 bits per heavy atom. The first-order valence-electron chi connectivity index (χ1n) is 8.37. The molecule has 0 bridgehead atoms. The SMILES string of the molecule is CC(C(=O)Nc1cc(C2CC2)n[nH]1)c1cnn(-c2ccc(F)c(F)c2)c1. The molecule has 4 rings (SSSR count). The van der Waals surface area contributed by atoms with E-state index in [2.05, 4.69) is 20.6 Å². The molecule has 8 heteroatoms. The number of halogens is 2. The van der Waals surface area contributed by atoms with Crippen LogP contribution < -0.4 is 5.32 Å². The summed E-state index contributed by atoms with van der Waals surface area (Å²) in [4.78, 5) is 12.4. The summed E-state index contributed by atoms with van der Waals surface area (Å²) >= 11 is 0. The van der Waals surface area contributed by atoms with Gasteiger partial charge in [-0.3, -0.25) is 9.89 Å². The second-order valence-electron chi connectivity index (χ2n) is 6.51. The van der Waals surface area contributed by atoms with Gasteiger partial charge in [-0.1, -0.05) is 0 Å². The lowest BCUT2D eigenvalue weighted by Gasteiger charge is -2.08. The van der Waals surface area contributed by atoms with Crippen LogP contribution in [0.5, 0.6) is 0 Å². The van der Waals surface area contributed by atoms with Crippen LogP contribution in [-0.4, -0.2) is 25.9 Å². The number of carbonyl (C=O) groups excluding carboxylic acids is 1. The van der Waals surface area contributed by atoms with Gasteiger partial charge in [0.1, 0.15) is 5.82 Å². The third-order valence-corrected chi connectivity index (χ3v) is 4.51. The standard InChI is InChI=1S/C18H17F2N5O/c1-10(18(26)22-17-7-16(23-24-17)11-2-3-11)12-8-21-25(9-12)13-4-5-14(19)15(20)6-13/h4-11H,2-3H2,1H3,(H2,22,23,24,26). The zero-order valence-electron chi connectivity index (χ0n) is 14.0. The normalized spacial score (nSPS) is 15.0. The Morgan fingerprint density at radius 1 is 1.31 bits per heavy atom. The van der Waals surface area contributed by atoms with Crippen molar-refractivity contribution >= 4 is 11.7 Å². The van der Waals surface area contributed by atoms with Gasteiger partial charge in [-0.05, 0) is 31.9 Å². The fourth-order valence-electron chi connectivity index (χ4n) is 2.71. The Balaban J connectivity index is 1.46. The van der Waals surface area contributed by atoms with Crippen molar-refractivity contribution in [2.24, 2.45) is 0 Å². The van der Waals surface area contributed by atoms with Gasteiger partial charge in [-0.2, -0.15) is 10.2 Å². The van der Waals surface area contributed by atoms with Crippen molar-refractivity contribution in [3.05, 3.63) is 59.6 Å². The van der Waals surface area contributed by atoms with Gasteiger partial charge < -0.3 is 5.32 Å². The summed E-state index contributed by atoms with van der Waals surface area (Å²) < 4.78 is 27.8. The van der Waals surface area contributed by atoms with Crippen LogP contribution in [0.1, 0.15) is 42.9 Å². The average Bonchev–Trinajstić information content (AvgIpc) is 3.17. The summed E-state index contributed by atoms with van der Waals surface area (Å²) in [6.45, 7) is 1.75. The maximum absolute atomic E-state index is 13.4. The Labute approximate surface area is 148 Å². The van der Waals surface area contributed by atoms with E-state index in [1.54, 1.807) is 13.1 Å². The highest BCUT2D eigenvalue weighted by atomic mass is 19.2. The molecule has 1 aromatic carbocycles. The fourth-order valence-corrected chi connectivity index (χ4v) is 2.71. The summed E-state index contributed by atoms with van der Waals surface area (Å²) in [6.07, 6.45) is 5.43. The minimum absolute atomic E-state index is 0.208. The molecule has 6 nitrogen and oxygen atoms in total. The van der Waals surface area contributed by atoms with Crippen LogP contribution in [0.4, 0.5) is 14.6 Å². The zero-order valence-corrected chi connectivity index (χ0v) is 14.0. The molecule has 1 saturated carbocycles. The molecule has 1 fully saturated rings. The molecule has 2 N–H and O–H groups in total. The molecule has 2 aromatic heterocycles. The smallest absolute Gasteiger partial charge is 0.232 e. The molecular weight excluding hydrogens is 340 g/mol. The van der Waals surface area contributed by atoms with Gasteiger partial charge in [0.25, 0.3) is 0 Å². The van der Waals surface area contributed by atoms with E-state index >= 15 is 0 Å². The summed E-state index contributed by atoms with van der Waals surface area (Å²) in [7, 11) is 0. The number of hydrogen-bond donors (Lipinski definition) is 2. The molecule has 1 atom stereocenters. The Kier molecular flexibility index (Phi) is 4.02. The first kappa shape index (κ1) is 16.4. The van der Waals surface area contributed by atoms with E-state index in [0.717, 1.165) is 30.7 Å². The molecule has 0 saturated heterocycles. The lowest BCUT2D eigenvalue weighted by molar-refractivity contribution is -0.117. The van der Waals surface area contributed by atoms with Crippen LogP contribution in [-0.2, 0) is 4.79 Å². The van der Waals surface area contributed by atoms with E-state index in [-0.39, 0.29) is 5.91 Å². The van der Waals surface area contributed by atoms with Crippen LogP contribution in [0.15, 0.2) is 36.7 Å². The maximum Gasteiger partial charge on any atom is 0.232 e. The zero-order chi connectivity index (χ0) is 18.3. The molecule has 0 aliphatic heterocycles. The van der Waals surface area contributed by atoms with Crippen LogP contribution >= 0.6 is 0 Å². The van der Waals surface area contributed by atoms with Gasteiger partial charge in [0, 0.05) is 29.8 Å². The predicted octanol–water partition coefficient (Wildman–Crippen LogP) is 3.49. The molecule has 0 spiro atoms. The van der Waals surface area contributed by atoms with Crippen molar-refractivity contribution in [1.29, 1.82) is 0 Å². The average molecular weight is 357 g/mol. The molecule has 2 heterocycles. The number of hydrogen-bond acceptors (Lipinski definition) is 3. The molecule has 0 radical (unpaired) electrons. The van der Waals surface area contributed by atoms with Crippen molar-refractivity contribution in [2.75, 3.05) is 5.32 Å². The first-order chi connectivity index (χ1) is 12.5. The van der Waals surface area contributed by atoms with Crippen molar-refractivity contribution < 1.29 is 13.6 Å². The van der Waals surface area contributed by atoms with E-state index < -0.39 is 17.6 Å². The number of amides is 1. The Bertz CT molecular complexity index is 960. The molecule has 134 valence electrons. The summed E-state index contributed by atoms with van der Waals surface area (Å²) in [5.41, 5.74) is 2.01. The Morgan fingerprint density at radius 2 is 2.12 bits per heavy atom. The summed E-state index contributed by atoms with van der Waals surface area (Å²) in [5.74, 6) is -1.47. The second-order valence-corrected chi connectivity index (χ2v) is 6.51. The molecule has 1 unspecified atom stereocenters. The highest BCUT2D eigenvalue weighted by Gasteiger charge is 2.26. The van der Waals surface area contributed by atoms with E-state index in [1.807, 2.05) is 6.07 Å². The van der Waals surface area contributed by atoms with E-state index in [0.29, 0.717) is 23.0 Å². The summed E-state index contributed by atoms with van der Waals surface area (Å²) in [6, 6.07) is 5.37. The largest absolute Gasteiger partial charge is 0.311 e. The lowest BCUT2D eigenvalue weighted by atomic mass is 10.0. The monoisotopic (exact) mass is 357 g/mol. The van der Waals surface area contributed by atoms with Crippen LogP contribution in [0.3, 0.4) is 0 Å². The van der Waals surface area contributed by atoms with Crippen molar-refractivity contribution in [2.45, 2.75) is 31.6 Å². The number of benzene rings is 1. The minimum Gasteiger partial charge on any atom is -0.311 e. The number of anilines is 1. The number of nitrogens with one attached hydrogen (secondary N) is 2. The van der Waals surface area contributed by atoms with Crippen molar-refractivity contribution in [3.63, 3.8) is 0 Å². The third kappa shape index (κ3) is 3.22. The quantitative estimate of drug-likeness (QED) is 0.734. The number of nitrogens with zero attached hydrogens (tertiary/aromatic N) is 3. The summed E-state index contributed by atoms with van der Waals surface area (Å²) in [5, 5.41) is 14.0. The molecular formula is C18H17F2N5O. The van der Waals surface area contributed by atoms with Gasteiger partial charge in [-0.15, -0.1) is 0 Å². The van der Waals surface area contributed by atoms with Crippen molar-refractivity contribution in [1.82, 2.24) is 20.0 Å². The number of H-pyrrole nitrogens is 1. The van der Waals surface area contributed by atoms with Gasteiger partial charge in [-0.25, -0.2) is 13.5 Å². The van der Waals surface area contributed by atoms with Crippen LogP contribution in [0.25, 0.3) is 5.69 Å². The lowest BCUT2D eigenvalue weighted by Crippen LogP contribution is -2.18. The fraction of sp³-hybridized carbons (Fsp3) is 0.278. The number of rotatable bonds is 5. The predicted molar refractivity (Wildman–Crippen MR) is 91.1 cm³/mol. The molecule has 1 aliphatic rings. The van der Waals surface area contributed by atoms with Gasteiger partial charge in [0.2, 0.25) is 5.91 Å². The number of carbonyl (C=O) groups is 1. The van der Waals surface area contributed by atoms with Crippen LogP contribution in [0, 0.1) is 11.6 Å². The first-order valence-corrected chi connectivity index (χ1v) is 8.37. The van der Waals surface area contributed by atoms with E-state index in [4.69, 9.17) is 0 Å². The topological polar surface area (TPSA) is 75.6 Å². The van der Waals surface area contributed by atoms with E-state index in [9.17, 15) is 13.6 Å². The van der Waals surface area contributed by atoms with Crippen LogP contribution in [0.2, 0.25) is 0 Å². The van der Waals surface area contributed by atoms with Crippen molar-refractivity contribution in [3.8, 4) is 5.69 Å². The molecule has 1 amide bonds. The van der Waals surface area contributed by atoms with E-state index in [1.165, 1.54) is 16.9 Å². The maximum atomic E-state index is 13.4. The third-order valence-electron chi connectivity index (χ3n) is 4.51. The highest BCUT2D eigenvalue weighted by Crippen LogP contribution is 2.39. The highest BCUT2D eigenvalue weighted by molar-refractivity contribution is 5.94. The number of aromatic amines is 1. The van der Waals surface area contributed by atoms with Gasteiger partial charge in [0.05, 0.1) is 23.5 Å². The molecule has 3 aromatic rings. The van der Waals surface area contributed by atoms with Gasteiger partial charge in [0.15, 0.2) is 11.6 Å². The minimum atomic E-state index is -0.948. The second kappa shape index (κ2) is 6.36. The van der Waals surface area contributed by atoms with Gasteiger partial charge >= 0.3 is 0 Å². The Hall–Kier alpha value is -3.03. The number of aromatic nitrogens is 4. The molecule has 1 aliphatic carbocycles. The molecule has 26 heavy (non-hydrogen) atoms.